The summed E-state index contributed by atoms with van der Waals surface area (Å²) < 4.78 is 66.2. The van der Waals surface area contributed by atoms with E-state index in [1.165, 1.54) is 12.1 Å². The van der Waals surface area contributed by atoms with Crippen LogP contribution in [0.5, 0.6) is 0 Å². The van der Waals surface area contributed by atoms with Crippen molar-refractivity contribution in [1.29, 1.82) is 0 Å². The van der Waals surface area contributed by atoms with E-state index < -0.39 is 21.8 Å². The molecule has 1 aliphatic carbocycles. The maximum Gasteiger partial charge on any atom is 0.416 e. The van der Waals surface area contributed by atoms with Crippen LogP contribution in [0.25, 0.3) is 0 Å². The Morgan fingerprint density at radius 2 is 1.65 bits per heavy atom. The van der Waals surface area contributed by atoms with Gasteiger partial charge >= 0.3 is 16.2 Å². The Bertz CT molecular complexity index is 1210. The molecule has 2 saturated heterocycles. The molecule has 0 bridgehead atoms. The van der Waals surface area contributed by atoms with Crippen molar-refractivity contribution in [2.45, 2.75) is 63.0 Å². The molecule has 2 aromatic rings. The zero-order chi connectivity index (χ0) is 24.3. The Balaban J connectivity index is 1.37. The first-order valence-corrected chi connectivity index (χ1v) is 13.6. The van der Waals surface area contributed by atoms with Gasteiger partial charge in [-0.05, 0) is 79.2 Å². The lowest BCUT2D eigenvalue weighted by molar-refractivity contribution is -0.830. The molecule has 2 aromatic carbocycles. The quantitative estimate of drug-likeness (QED) is 0.574. The van der Waals surface area contributed by atoms with Gasteiger partial charge < -0.3 is 0 Å². The number of hydrogen-bond donors (Lipinski definition) is 0. The predicted octanol–water partition coefficient (Wildman–Crippen LogP) is 4.54. The highest BCUT2D eigenvalue weighted by atomic mass is 32.2. The SMILES string of the molecule is CC1C[N+](C)([C@H]2Cc3ccc(Cc4cc(CN5CCCC5)cc(C(F)(F)F)c4)cc3C2)S1(=O)=O. The highest BCUT2D eigenvalue weighted by Gasteiger charge is 2.59. The molecular formula is C26H32F3N2O2S+. The van der Waals surface area contributed by atoms with Crippen LogP contribution in [0.15, 0.2) is 36.4 Å². The van der Waals surface area contributed by atoms with Crippen LogP contribution in [0.4, 0.5) is 13.2 Å². The van der Waals surface area contributed by atoms with Gasteiger partial charge in [-0.2, -0.15) is 21.6 Å². The standard InChI is InChI=1S/C26H32F3N2O2S/c1-18-17-31(2,34(18,32)33)25-14-22-6-5-19(11-23(22)15-25)9-20-10-21(16-30-7-3-4-8-30)13-24(12-20)26(27,28)29/h5-6,10-13,18,25H,3-4,7-9,14-17H2,1-2H3/q+1/t18?,25-,31?/m0/s1. The van der Waals surface area contributed by atoms with Crippen molar-refractivity contribution in [3.8, 4) is 0 Å². The molecule has 2 heterocycles. The number of sulfonamides is 1. The van der Waals surface area contributed by atoms with Crippen LogP contribution < -0.4 is 0 Å². The lowest BCUT2D eigenvalue weighted by Crippen LogP contribution is -2.71. The molecule has 0 radical (unpaired) electrons. The largest absolute Gasteiger partial charge is 0.416 e. The number of halogens is 3. The van der Waals surface area contributed by atoms with E-state index in [1.807, 2.05) is 25.2 Å². The van der Waals surface area contributed by atoms with Crippen LogP contribution in [0, 0.1) is 0 Å². The Kier molecular flexibility index (Phi) is 5.85. The molecule has 2 aliphatic heterocycles. The van der Waals surface area contributed by atoms with Crippen LogP contribution in [0.3, 0.4) is 0 Å². The van der Waals surface area contributed by atoms with Crippen molar-refractivity contribution < 1.29 is 25.5 Å². The summed E-state index contributed by atoms with van der Waals surface area (Å²) in [7, 11) is -1.35. The molecule has 4 nitrogen and oxygen atoms in total. The molecule has 0 N–H and O–H groups in total. The van der Waals surface area contributed by atoms with Gasteiger partial charge in [0.2, 0.25) is 0 Å². The average Bonchev–Trinajstić information content (AvgIpc) is 3.42. The summed E-state index contributed by atoms with van der Waals surface area (Å²) in [6, 6.07) is 10.5. The van der Waals surface area contributed by atoms with E-state index >= 15 is 0 Å². The highest BCUT2D eigenvalue weighted by Crippen LogP contribution is 2.40. The summed E-state index contributed by atoms with van der Waals surface area (Å²) >= 11 is 0. The highest BCUT2D eigenvalue weighted by molar-refractivity contribution is 7.87. The maximum absolute atomic E-state index is 13.6. The fourth-order valence-corrected chi connectivity index (χ4v) is 8.15. The summed E-state index contributed by atoms with van der Waals surface area (Å²) in [5.74, 6) is 0. The summed E-state index contributed by atoms with van der Waals surface area (Å²) in [4.78, 5) is 2.21. The number of fused-ring (bicyclic) bond motifs is 1. The van der Waals surface area contributed by atoms with Crippen molar-refractivity contribution in [2.24, 2.45) is 0 Å². The van der Waals surface area contributed by atoms with E-state index in [4.69, 9.17) is 0 Å². The fourth-order valence-electron chi connectivity index (χ4n) is 6.09. The van der Waals surface area contributed by atoms with Crippen LogP contribution in [0.1, 0.15) is 53.1 Å². The Morgan fingerprint density at radius 3 is 2.29 bits per heavy atom. The number of benzene rings is 2. The van der Waals surface area contributed by atoms with Gasteiger partial charge in [0.05, 0.1) is 12.6 Å². The number of quaternary nitrogens is 1. The minimum Gasteiger partial charge on any atom is -0.299 e. The fraction of sp³-hybridized carbons (Fsp3) is 0.538. The van der Waals surface area contributed by atoms with E-state index in [1.54, 1.807) is 6.92 Å². The topological polar surface area (TPSA) is 37.4 Å². The predicted molar refractivity (Wildman–Crippen MR) is 126 cm³/mol. The third-order valence-electron chi connectivity index (χ3n) is 8.06. The number of nitrogens with zero attached hydrogens (tertiary/aromatic N) is 2. The molecule has 2 fully saturated rings. The van der Waals surface area contributed by atoms with Crippen LogP contribution in [-0.2, 0) is 42.0 Å². The van der Waals surface area contributed by atoms with Gasteiger partial charge in [0, 0.05) is 19.4 Å². The van der Waals surface area contributed by atoms with Gasteiger partial charge in [-0.3, -0.25) is 4.90 Å². The minimum atomic E-state index is -4.38. The second kappa shape index (κ2) is 8.35. The third kappa shape index (κ3) is 4.18. The molecule has 3 aliphatic rings. The third-order valence-corrected chi connectivity index (χ3v) is 10.8. The van der Waals surface area contributed by atoms with Gasteiger partial charge in [0.1, 0.15) is 12.6 Å². The van der Waals surface area contributed by atoms with Crippen LogP contribution in [-0.4, -0.2) is 55.2 Å². The van der Waals surface area contributed by atoms with Gasteiger partial charge in [0.15, 0.2) is 5.25 Å². The minimum absolute atomic E-state index is 0.00655. The lowest BCUT2D eigenvalue weighted by Gasteiger charge is -2.48. The number of alkyl halides is 3. The number of likely N-dealkylation sites (tertiary alicyclic amines) is 1. The van der Waals surface area contributed by atoms with Crippen molar-refractivity contribution in [1.82, 2.24) is 4.90 Å². The number of rotatable bonds is 5. The molecule has 3 atom stereocenters. The monoisotopic (exact) mass is 493 g/mol. The van der Waals surface area contributed by atoms with Crippen molar-refractivity contribution >= 4 is 10.0 Å². The summed E-state index contributed by atoms with van der Waals surface area (Å²) in [5.41, 5.74) is 4.03. The second-order valence-electron chi connectivity index (χ2n) is 10.5. The zero-order valence-corrected chi connectivity index (χ0v) is 20.6. The summed E-state index contributed by atoms with van der Waals surface area (Å²) in [6.45, 7) is 4.82. The molecule has 0 spiro atoms. The molecule has 0 aromatic heterocycles. The normalized spacial score (nSPS) is 28.6. The second-order valence-corrected chi connectivity index (χ2v) is 13.2. The number of likely N-dealkylation sites (N-methyl/N-ethyl adjacent to an activating group) is 1. The molecule has 2 unspecified atom stereocenters. The smallest absolute Gasteiger partial charge is 0.299 e. The van der Waals surface area contributed by atoms with Crippen LogP contribution >= 0.6 is 0 Å². The first-order chi connectivity index (χ1) is 16.0. The lowest BCUT2D eigenvalue weighted by atomic mass is 9.97. The molecule has 34 heavy (non-hydrogen) atoms. The summed E-state index contributed by atoms with van der Waals surface area (Å²) in [5, 5.41) is -0.299. The van der Waals surface area contributed by atoms with Gasteiger partial charge in [-0.15, -0.1) is 0 Å². The number of hydrogen-bond acceptors (Lipinski definition) is 3. The van der Waals surface area contributed by atoms with Crippen LogP contribution in [0.2, 0.25) is 0 Å². The molecule has 0 amide bonds. The zero-order valence-electron chi connectivity index (χ0n) is 19.7. The Hall–Kier alpha value is -1.90. The van der Waals surface area contributed by atoms with Crippen molar-refractivity contribution in [2.75, 3.05) is 26.7 Å². The Morgan fingerprint density at radius 1 is 0.971 bits per heavy atom. The van der Waals surface area contributed by atoms with E-state index in [0.717, 1.165) is 49.0 Å². The molecule has 8 heteroatoms. The Labute approximate surface area is 200 Å². The van der Waals surface area contributed by atoms with Gasteiger partial charge in [-0.1, -0.05) is 24.3 Å². The van der Waals surface area contributed by atoms with E-state index in [-0.39, 0.29) is 15.2 Å². The van der Waals surface area contributed by atoms with E-state index in [0.29, 0.717) is 37.1 Å². The van der Waals surface area contributed by atoms with E-state index in [9.17, 15) is 21.6 Å². The van der Waals surface area contributed by atoms with Crippen molar-refractivity contribution in [3.63, 3.8) is 0 Å². The van der Waals surface area contributed by atoms with Gasteiger partial charge in [0.25, 0.3) is 0 Å². The maximum atomic E-state index is 13.6. The van der Waals surface area contributed by atoms with E-state index in [2.05, 4.69) is 11.0 Å². The van der Waals surface area contributed by atoms with Gasteiger partial charge in [-0.25, -0.2) is 3.89 Å². The molecular weight excluding hydrogens is 461 g/mol. The average molecular weight is 494 g/mol. The van der Waals surface area contributed by atoms with Crippen molar-refractivity contribution in [3.05, 3.63) is 69.8 Å². The molecule has 184 valence electrons. The first kappa shape index (κ1) is 23.8. The molecule has 5 rings (SSSR count). The summed E-state index contributed by atoms with van der Waals surface area (Å²) in [6.07, 6.45) is -0.341. The molecule has 0 saturated carbocycles. The first-order valence-electron chi connectivity index (χ1n) is 12.1.